The molecule has 4 nitrogen and oxygen atoms in total. The summed E-state index contributed by atoms with van der Waals surface area (Å²) < 4.78 is 2.10. The Balaban J connectivity index is 2.21. The molecule has 1 aromatic heterocycles. The summed E-state index contributed by atoms with van der Waals surface area (Å²) in [7, 11) is 0. The molecule has 0 aliphatic heterocycles. The molecule has 1 N–H and O–H groups in total. The fourth-order valence-electron chi connectivity index (χ4n) is 2.26. The van der Waals surface area contributed by atoms with Crippen molar-refractivity contribution in [2.24, 2.45) is 0 Å². The number of carbonyl (C=O) groups excluding carboxylic acids is 1. The molecule has 0 atom stereocenters. The maximum atomic E-state index is 10.5. The number of fused-ring (bicyclic) bond motifs is 1. The Bertz CT molecular complexity index is 732. The molecule has 0 saturated heterocycles. The van der Waals surface area contributed by atoms with E-state index in [1.165, 1.54) is 0 Å². The van der Waals surface area contributed by atoms with Crippen molar-refractivity contribution < 1.29 is 4.79 Å². The molecule has 19 heavy (non-hydrogen) atoms. The monoisotopic (exact) mass is 251 g/mol. The number of hydrogen-bond donors (Lipinski definition) is 1. The molecule has 1 amide bonds. The standard InChI is InChI=1S/C15H13N3O/c1-11-17-14-9-12(16-10-19)7-8-15(14)18(11)13-5-3-2-4-6-13/h2-10H,1H3,(H,16,19). The van der Waals surface area contributed by atoms with Crippen molar-refractivity contribution in [3.05, 3.63) is 54.4 Å². The third-order valence-corrected chi connectivity index (χ3v) is 3.06. The van der Waals surface area contributed by atoms with E-state index in [4.69, 9.17) is 0 Å². The quantitative estimate of drug-likeness (QED) is 0.727. The average molecular weight is 251 g/mol. The number of anilines is 1. The number of nitrogens with zero attached hydrogens (tertiary/aromatic N) is 2. The summed E-state index contributed by atoms with van der Waals surface area (Å²) >= 11 is 0. The largest absolute Gasteiger partial charge is 0.329 e. The van der Waals surface area contributed by atoms with Crippen LogP contribution in [-0.4, -0.2) is 16.0 Å². The van der Waals surface area contributed by atoms with E-state index in [-0.39, 0.29) is 0 Å². The predicted molar refractivity (Wildman–Crippen MR) is 75.5 cm³/mol. The molecule has 0 aliphatic rings. The highest BCUT2D eigenvalue weighted by Crippen LogP contribution is 2.23. The van der Waals surface area contributed by atoms with Crippen LogP contribution in [0.1, 0.15) is 5.82 Å². The summed E-state index contributed by atoms with van der Waals surface area (Å²) in [6, 6.07) is 15.8. The molecular weight excluding hydrogens is 238 g/mol. The first-order chi connectivity index (χ1) is 9.29. The predicted octanol–water partition coefficient (Wildman–Crippen LogP) is 2.90. The zero-order valence-corrected chi connectivity index (χ0v) is 10.5. The number of nitrogens with one attached hydrogen (secondary N) is 1. The normalized spacial score (nSPS) is 10.6. The van der Waals surface area contributed by atoms with Crippen LogP contribution in [0.4, 0.5) is 5.69 Å². The van der Waals surface area contributed by atoms with Crippen LogP contribution in [0.5, 0.6) is 0 Å². The molecule has 0 radical (unpaired) electrons. The minimum absolute atomic E-state index is 0.669. The Kier molecular flexibility index (Phi) is 2.76. The molecule has 1 heterocycles. The first-order valence-corrected chi connectivity index (χ1v) is 6.04. The van der Waals surface area contributed by atoms with Crippen LogP contribution in [0.2, 0.25) is 0 Å². The average Bonchev–Trinajstić information content (AvgIpc) is 2.75. The van der Waals surface area contributed by atoms with Gasteiger partial charge in [-0.05, 0) is 37.3 Å². The van der Waals surface area contributed by atoms with Gasteiger partial charge in [0.05, 0.1) is 11.0 Å². The van der Waals surface area contributed by atoms with Crippen LogP contribution in [-0.2, 0) is 4.79 Å². The summed E-state index contributed by atoms with van der Waals surface area (Å²) in [6.45, 7) is 1.97. The van der Waals surface area contributed by atoms with Gasteiger partial charge in [0.2, 0.25) is 6.41 Å². The maximum absolute atomic E-state index is 10.5. The van der Waals surface area contributed by atoms with Gasteiger partial charge < -0.3 is 5.32 Å². The van der Waals surface area contributed by atoms with Gasteiger partial charge in [-0.15, -0.1) is 0 Å². The van der Waals surface area contributed by atoms with Crippen molar-refractivity contribution in [3.63, 3.8) is 0 Å². The van der Waals surface area contributed by atoms with Gasteiger partial charge in [0, 0.05) is 11.4 Å². The Morgan fingerprint density at radius 3 is 2.68 bits per heavy atom. The van der Waals surface area contributed by atoms with E-state index in [1.807, 2.05) is 55.5 Å². The SMILES string of the molecule is Cc1nc2cc(NC=O)ccc2n1-c1ccccc1. The second kappa shape index (κ2) is 4.57. The van der Waals surface area contributed by atoms with Gasteiger partial charge in [-0.25, -0.2) is 4.98 Å². The fourth-order valence-corrected chi connectivity index (χ4v) is 2.26. The molecule has 0 bridgehead atoms. The lowest BCUT2D eigenvalue weighted by Gasteiger charge is -2.06. The van der Waals surface area contributed by atoms with E-state index in [1.54, 1.807) is 0 Å². The van der Waals surface area contributed by atoms with Crippen molar-refractivity contribution in [1.29, 1.82) is 0 Å². The lowest BCUT2D eigenvalue weighted by molar-refractivity contribution is -0.105. The van der Waals surface area contributed by atoms with Gasteiger partial charge in [-0.2, -0.15) is 0 Å². The van der Waals surface area contributed by atoms with Crippen LogP contribution in [0.3, 0.4) is 0 Å². The number of rotatable bonds is 3. The van der Waals surface area contributed by atoms with Crippen molar-refractivity contribution in [2.45, 2.75) is 6.92 Å². The minimum Gasteiger partial charge on any atom is -0.329 e. The molecule has 0 fully saturated rings. The van der Waals surface area contributed by atoms with Crippen molar-refractivity contribution in [2.75, 3.05) is 5.32 Å². The highest BCUT2D eigenvalue weighted by molar-refractivity contribution is 5.84. The zero-order chi connectivity index (χ0) is 13.2. The molecule has 0 spiro atoms. The zero-order valence-electron chi connectivity index (χ0n) is 10.5. The minimum atomic E-state index is 0.669. The van der Waals surface area contributed by atoms with E-state index in [2.05, 4.69) is 14.9 Å². The second-order valence-electron chi connectivity index (χ2n) is 4.30. The molecule has 2 aromatic carbocycles. The number of amides is 1. The summed E-state index contributed by atoms with van der Waals surface area (Å²) in [5.74, 6) is 0.921. The summed E-state index contributed by atoms with van der Waals surface area (Å²) in [5.41, 5.74) is 3.73. The van der Waals surface area contributed by atoms with Gasteiger partial charge in [0.15, 0.2) is 0 Å². The number of aryl methyl sites for hydroxylation is 1. The molecule has 3 rings (SSSR count). The molecule has 0 unspecified atom stereocenters. The summed E-state index contributed by atoms with van der Waals surface area (Å²) in [5, 5.41) is 2.64. The van der Waals surface area contributed by atoms with Gasteiger partial charge in [-0.1, -0.05) is 18.2 Å². The fraction of sp³-hybridized carbons (Fsp3) is 0.0667. The lowest BCUT2D eigenvalue weighted by Crippen LogP contribution is -1.96. The van der Waals surface area contributed by atoms with Crippen molar-refractivity contribution in [1.82, 2.24) is 9.55 Å². The van der Waals surface area contributed by atoms with Gasteiger partial charge in [0.25, 0.3) is 0 Å². The van der Waals surface area contributed by atoms with Gasteiger partial charge in [0.1, 0.15) is 5.82 Å². The summed E-state index contributed by atoms with van der Waals surface area (Å²) in [4.78, 5) is 15.0. The highest BCUT2D eigenvalue weighted by Gasteiger charge is 2.09. The number of imidazole rings is 1. The Morgan fingerprint density at radius 1 is 1.16 bits per heavy atom. The molecule has 0 saturated carbocycles. The third kappa shape index (κ3) is 1.97. The van der Waals surface area contributed by atoms with E-state index in [0.717, 1.165) is 28.2 Å². The van der Waals surface area contributed by atoms with E-state index in [9.17, 15) is 4.79 Å². The Hall–Kier alpha value is -2.62. The van der Waals surface area contributed by atoms with Gasteiger partial charge in [-0.3, -0.25) is 9.36 Å². The van der Waals surface area contributed by atoms with Crippen LogP contribution >= 0.6 is 0 Å². The topological polar surface area (TPSA) is 46.9 Å². The molecule has 94 valence electrons. The second-order valence-corrected chi connectivity index (χ2v) is 4.30. The van der Waals surface area contributed by atoms with E-state index in [0.29, 0.717) is 6.41 Å². The van der Waals surface area contributed by atoms with Crippen LogP contribution in [0.15, 0.2) is 48.5 Å². The molecule has 0 aliphatic carbocycles. The Morgan fingerprint density at radius 2 is 1.95 bits per heavy atom. The first-order valence-electron chi connectivity index (χ1n) is 6.04. The van der Waals surface area contributed by atoms with Crippen LogP contribution < -0.4 is 5.32 Å². The number of carbonyl (C=O) groups is 1. The van der Waals surface area contributed by atoms with Gasteiger partial charge >= 0.3 is 0 Å². The van der Waals surface area contributed by atoms with E-state index < -0.39 is 0 Å². The van der Waals surface area contributed by atoms with Crippen molar-refractivity contribution >= 4 is 23.1 Å². The van der Waals surface area contributed by atoms with Crippen molar-refractivity contribution in [3.8, 4) is 5.69 Å². The molecule has 3 aromatic rings. The summed E-state index contributed by atoms with van der Waals surface area (Å²) in [6.07, 6.45) is 0.669. The number of aromatic nitrogens is 2. The van der Waals surface area contributed by atoms with Crippen LogP contribution in [0.25, 0.3) is 16.7 Å². The third-order valence-electron chi connectivity index (χ3n) is 3.06. The highest BCUT2D eigenvalue weighted by atomic mass is 16.1. The van der Waals surface area contributed by atoms with E-state index >= 15 is 0 Å². The molecular formula is C15H13N3O. The Labute approximate surface area is 110 Å². The lowest BCUT2D eigenvalue weighted by atomic mass is 10.2. The maximum Gasteiger partial charge on any atom is 0.211 e. The molecule has 4 heteroatoms. The first kappa shape index (κ1) is 11.5. The smallest absolute Gasteiger partial charge is 0.211 e. The number of hydrogen-bond acceptors (Lipinski definition) is 2. The number of para-hydroxylation sites is 1. The number of benzene rings is 2. The van der Waals surface area contributed by atoms with Crippen LogP contribution in [0, 0.1) is 6.92 Å².